The van der Waals surface area contributed by atoms with Gasteiger partial charge in [-0.3, -0.25) is 0 Å². The van der Waals surface area contributed by atoms with Gasteiger partial charge in [-0.25, -0.2) is 9.97 Å². The molecule has 1 fully saturated rings. The van der Waals surface area contributed by atoms with Crippen LogP contribution in [-0.2, 0) is 0 Å². The quantitative estimate of drug-likeness (QED) is 0.743. The van der Waals surface area contributed by atoms with Crippen LogP contribution >= 0.6 is 11.6 Å². The molecule has 1 N–H and O–H groups in total. The fourth-order valence-electron chi connectivity index (χ4n) is 3.40. The van der Waals surface area contributed by atoms with Crippen molar-refractivity contribution >= 4 is 34.1 Å². The van der Waals surface area contributed by atoms with Crippen molar-refractivity contribution in [2.24, 2.45) is 0 Å². The van der Waals surface area contributed by atoms with Gasteiger partial charge in [0, 0.05) is 35.7 Å². The maximum atomic E-state index is 6.30. The van der Waals surface area contributed by atoms with Crippen LogP contribution < -0.4 is 10.2 Å². The van der Waals surface area contributed by atoms with Crippen molar-refractivity contribution in [3.63, 3.8) is 0 Å². The molecule has 0 atom stereocenters. The van der Waals surface area contributed by atoms with E-state index in [4.69, 9.17) is 16.6 Å². The number of aromatic nitrogens is 2. The second-order valence-electron chi connectivity index (χ2n) is 6.55. The molecule has 0 bridgehead atoms. The zero-order valence-corrected chi connectivity index (χ0v) is 15.0. The van der Waals surface area contributed by atoms with E-state index in [2.05, 4.69) is 34.3 Å². The number of hydrogen-bond donors (Lipinski definition) is 1. The highest BCUT2D eigenvalue weighted by atomic mass is 35.5. The Morgan fingerprint density at radius 1 is 1.08 bits per heavy atom. The standard InChI is InChI=1S/C20H21ClN4/c1-14-5-7-17(21)16-6-8-19(24-20(14)16)25-12-9-15(10-13-25)23-18-4-2-3-11-22-18/h2-8,11,15H,9-10,12-13H2,1H3,(H,22,23). The monoisotopic (exact) mass is 352 g/mol. The van der Waals surface area contributed by atoms with Crippen molar-refractivity contribution in [1.82, 2.24) is 9.97 Å². The number of aryl methyl sites for hydroxylation is 1. The van der Waals surface area contributed by atoms with Crippen LogP contribution in [0.1, 0.15) is 18.4 Å². The van der Waals surface area contributed by atoms with Crippen molar-refractivity contribution in [3.05, 3.63) is 59.2 Å². The van der Waals surface area contributed by atoms with Crippen LogP contribution in [0.25, 0.3) is 10.9 Å². The van der Waals surface area contributed by atoms with Gasteiger partial charge in [-0.1, -0.05) is 23.7 Å². The number of halogens is 1. The molecular weight excluding hydrogens is 332 g/mol. The first-order valence-electron chi connectivity index (χ1n) is 8.69. The second kappa shape index (κ2) is 6.89. The van der Waals surface area contributed by atoms with E-state index in [1.54, 1.807) is 0 Å². The fourth-order valence-corrected chi connectivity index (χ4v) is 3.61. The van der Waals surface area contributed by atoms with Crippen LogP contribution in [0.4, 0.5) is 11.6 Å². The molecular formula is C20H21ClN4. The van der Waals surface area contributed by atoms with Crippen molar-refractivity contribution in [3.8, 4) is 0 Å². The molecule has 3 heterocycles. The minimum absolute atomic E-state index is 0.461. The molecule has 4 nitrogen and oxygen atoms in total. The highest BCUT2D eigenvalue weighted by Gasteiger charge is 2.20. The third kappa shape index (κ3) is 3.40. The summed E-state index contributed by atoms with van der Waals surface area (Å²) < 4.78 is 0. The van der Waals surface area contributed by atoms with Crippen LogP contribution in [0, 0.1) is 6.92 Å². The summed E-state index contributed by atoms with van der Waals surface area (Å²) in [6.07, 6.45) is 3.97. The number of nitrogens with one attached hydrogen (secondary N) is 1. The molecule has 25 heavy (non-hydrogen) atoms. The van der Waals surface area contributed by atoms with Gasteiger partial charge < -0.3 is 10.2 Å². The van der Waals surface area contributed by atoms with Gasteiger partial charge in [-0.2, -0.15) is 0 Å². The molecule has 1 aromatic carbocycles. The number of anilines is 2. The lowest BCUT2D eigenvalue weighted by Gasteiger charge is -2.33. The van der Waals surface area contributed by atoms with E-state index in [0.29, 0.717) is 6.04 Å². The highest BCUT2D eigenvalue weighted by molar-refractivity contribution is 6.35. The summed E-state index contributed by atoms with van der Waals surface area (Å²) in [6.45, 7) is 4.06. The second-order valence-corrected chi connectivity index (χ2v) is 6.96. The first kappa shape index (κ1) is 16.2. The molecule has 1 saturated heterocycles. The maximum Gasteiger partial charge on any atom is 0.129 e. The molecule has 0 unspecified atom stereocenters. The molecule has 3 aromatic rings. The third-order valence-corrected chi connectivity index (χ3v) is 5.16. The van der Waals surface area contributed by atoms with Crippen molar-refractivity contribution in [2.75, 3.05) is 23.3 Å². The lowest BCUT2D eigenvalue weighted by atomic mass is 10.0. The average Bonchev–Trinajstić information content (AvgIpc) is 2.66. The summed E-state index contributed by atoms with van der Waals surface area (Å²) in [6, 6.07) is 14.6. The molecule has 1 aliphatic heterocycles. The predicted molar refractivity (Wildman–Crippen MR) is 105 cm³/mol. The largest absolute Gasteiger partial charge is 0.367 e. The van der Waals surface area contributed by atoms with Crippen molar-refractivity contribution < 1.29 is 0 Å². The van der Waals surface area contributed by atoms with Gasteiger partial charge in [0.2, 0.25) is 0 Å². The number of piperidine rings is 1. The molecule has 0 saturated carbocycles. The number of hydrogen-bond acceptors (Lipinski definition) is 4. The summed E-state index contributed by atoms with van der Waals surface area (Å²) >= 11 is 6.30. The maximum absolute atomic E-state index is 6.30. The Hall–Kier alpha value is -2.33. The number of benzene rings is 1. The first-order valence-corrected chi connectivity index (χ1v) is 9.07. The molecule has 128 valence electrons. The number of nitrogens with zero attached hydrogens (tertiary/aromatic N) is 3. The molecule has 0 spiro atoms. The molecule has 4 rings (SSSR count). The van der Waals surface area contributed by atoms with Crippen LogP contribution in [-0.4, -0.2) is 29.1 Å². The molecule has 0 amide bonds. The Morgan fingerprint density at radius 2 is 1.92 bits per heavy atom. The van der Waals surface area contributed by atoms with E-state index < -0.39 is 0 Å². The lowest BCUT2D eigenvalue weighted by molar-refractivity contribution is 0.523. The molecule has 1 aliphatic rings. The van der Waals surface area contributed by atoms with Gasteiger partial charge in [0.05, 0.1) is 5.52 Å². The Labute approximate surface area is 152 Å². The van der Waals surface area contributed by atoms with Gasteiger partial charge in [0.1, 0.15) is 11.6 Å². The van der Waals surface area contributed by atoms with E-state index in [1.165, 1.54) is 0 Å². The van der Waals surface area contributed by atoms with E-state index in [0.717, 1.165) is 59.1 Å². The normalized spacial score (nSPS) is 15.5. The van der Waals surface area contributed by atoms with Gasteiger partial charge in [0.15, 0.2) is 0 Å². The molecule has 2 aromatic heterocycles. The Bertz CT molecular complexity index is 874. The Balaban J connectivity index is 1.47. The predicted octanol–water partition coefficient (Wildman–Crippen LogP) is 4.67. The molecule has 5 heteroatoms. The van der Waals surface area contributed by atoms with E-state index >= 15 is 0 Å². The number of pyridine rings is 2. The smallest absolute Gasteiger partial charge is 0.129 e. The highest BCUT2D eigenvalue weighted by Crippen LogP contribution is 2.28. The zero-order valence-electron chi connectivity index (χ0n) is 14.2. The third-order valence-electron chi connectivity index (χ3n) is 4.83. The SMILES string of the molecule is Cc1ccc(Cl)c2ccc(N3CCC(Nc4ccccn4)CC3)nc12. The van der Waals surface area contributed by atoms with Crippen molar-refractivity contribution in [1.29, 1.82) is 0 Å². The average molecular weight is 353 g/mol. The summed E-state index contributed by atoms with van der Waals surface area (Å²) in [4.78, 5) is 11.6. The summed E-state index contributed by atoms with van der Waals surface area (Å²) in [5.74, 6) is 1.99. The van der Waals surface area contributed by atoms with E-state index in [1.807, 2.05) is 36.5 Å². The zero-order chi connectivity index (χ0) is 17.2. The summed E-state index contributed by atoms with van der Waals surface area (Å²) in [7, 11) is 0. The summed E-state index contributed by atoms with van der Waals surface area (Å²) in [5, 5.41) is 5.31. The minimum Gasteiger partial charge on any atom is -0.367 e. The number of rotatable bonds is 3. The first-order chi connectivity index (χ1) is 12.2. The van der Waals surface area contributed by atoms with Gasteiger partial charge >= 0.3 is 0 Å². The fraction of sp³-hybridized carbons (Fsp3) is 0.300. The van der Waals surface area contributed by atoms with Crippen molar-refractivity contribution in [2.45, 2.75) is 25.8 Å². The number of fused-ring (bicyclic) bond motifs is 1. The van der Waals surface area contributed by atoms with Gasteiger partial charge in [0.25, 0.3) is 0 Å². The Kier molecular flexibility index (Phi) is 4.45. The van der Waals surface area contributed by atoms with Crippen LogP contribution in [0.15, 0.2) is 48.7 Å². The minimum atomic E-state index is 0.461. The Morgan fingerprint density at radius 3 is 2.68 bits per heavy atom. The summed E-state index contributed by atoms with van der Waals surface area (Å²) in [5.41, 5.74) is 2.16. The van der Waals surface area contributed by atoms with Gasteiger partial charge in [-0.15, -0.1) is 0 Å². The van der Waals surface area contributed by atoms with Gasteiger partial charge in [-0.05, 0) is 55.7 Å². The van der Waals surface area contributed by atoms with Crippen LogP contribution in [0.5, 0.6) is 0 Å². The molecule has 0 radical (unpaired) electrons. The van der Waals surface area contributed by atoms with Crippen LogP contribution in [0.3, 0.4) is 0 Å². The van der Waals surface area contributed by atoms with E-state index in [9.17, 15) is 0 Å². The van der Waals surface area contributed by atoms with E-state index in [-0.39, 0.29) is 0 Å². The lowest BCUT2D eigenvalue weighted by Crippen LogP contribution is -2.39. The topological polar surface area (TPSA) is 41.0 Å². The molecule has 0 aliphatic carbocycles. The van der Waals surface area contributed by atoms with Crippen LogP contribution in [0.2, 0.25) is 5.02 Å².